The van der Waals surface area contributed by atoms with Crippen molar-refractivity contribution in [3.63, 3.8) is 0 Å². The number of hydrogen-bond acceptors (Lipinski definition) is 4. The lowest BCUT2D eigenvalue weighted by Gasteiger charge is -2.43. The van der Waals surface area contributed by atoms with Crippen molar-refractivity contribution in [3.8, 4) is 0 Å². The smallest absolute Gasteiger partial charge is 0.271 e. The van der Waals surface area contributed by atoms with Crippen molar-refractivity contribution >= 4 is 46.3 Å². The number of nitro groups is 1. The molecule has 1 heterocycles. The summed E-state index contributed by atoms with van der Waals surface area (Å²) in [7, 11) is 0. The lowest BCUT2D eigenvalue weighted by molar-refractivity contribution is -0.384. The third-order valence-corrected chi connectivity index (χ3v) is 6.45. The lowest BCUT2D eigenvalue weighted by atomic mass is 9.69. The lowest BCUT2D eigenvalue weighted by Crippen LogP contribution is -2.43. The zero-order valence-corrected chi connectivity index (χ0v) is 18.5. The Kier molecular flexibility index (Phi) is 5.40. The molecule has 1 aliphatic heterocycles. The number of halogens is 2. The molecule has 1 aliphatic carbocycles. The van der Waals surface area contributed by atoms with E-state index in [1.165, 1.54) is 23.1 Å². The van der Waals surface area contributed by atoms with Crippen LogP contribution in [-0.4, -0.2) is 16.6 Å². The van der Waals surface area contributed by atoms with Crippen molar-refractivity contribution in [1.29, 1.82) is 0 Å². The quantitative estimate of drug-likeness (QED) is 0.413. The van der Waals surface area contributed by atoms with Gasteiger partial charge in [0.2, 0.25) is 5.91 Å². The number of allylic oxidation sites excluding steroid dienone is 2. The first kappa shape index (κ1) is 21.5. The van der Waals surface area contributed by atoms with E-state index in [-0.39, 0.29) is 34.2 Å². The molecule has 2 aliphatic rings. The first-order chi connectivity index (χ1) is 14.6. The maximum Gasteiger partial charge on any atom is 0.271 e. The molecule has 0 aromatic heterocycles. The molecule has 6 nitrogen and oxygen atoms in total. The molecule has 8 heteroatoms. The molecule has 160 valence electrons. The van der Waals surface area contributed by atoms with Crippen molar-refractivity contribution in [2.24, 2.45) is 5.41 Å². The van der Waals surface area contributed by atoms with E-state index >= 15 is 0 Å². The van der Waals surface area contributed by atoms with E-state index in [0.717, 1.165) is 5.56 Å². The number of hydrogen-bond donors (Lipinski definition) is 0. The molecule has 0 bridgehead atoms. The highest BCUT2D eigenvalue weighted by atomic mass is 35.5. The van der Waals surface area contributed by atoms with Gasteiger partial charge in [-0.1, -0.05) is 55.2 Å². The topological polar surface area (TPSA) is 80.5 Å². The van der Waals surface area contributed by atoms with E-state index in [9.17, 15) is 19.7 Å². The maximum absolute atomic E-state index is 13.4. The minimum atomic E-state index is -0.543. The minimum Gasteiger partial charge on any atom is -0.294 e. The molecule has 1 atom stereocenters. The van der Waals surface area contributed by atoms with Crippen LogP contribution >= 0.6 is 23.2 Å². The standard InChI is InChI=1S/C23H20Cl2N2O4/c1-23(2)11-19-22(20(28)12-23)15(14-5-3-4-6-16(14)24)10-21(29)26(19)18-8-7-13(27(30)31)9-17(18)25/h3-9,15H,10-12H2,1-2H3. The summed E-state index contributed by atoms with van der Waals surface area (Å²) in [6.07, 6.45) is 0.916. The van der Waals surface area contributed by atoms with Crippen LogP contribution in [-0.2, 0) is 9.59 Å². The zero-order valence-electron chi connectivity index (χ0n) is 17.0. The van der Waals surface area contributed by atoms with E-state index in [1.807, 2.05) is 26.0 Å². The van der Waals surface area contributed by atoms with Gasteiger partial charge in [0.05, 0.1) is 15.6 Å². The Bertz CT molecular complexity index is 1160. The van der Waals surface area contributed by atoms with Crippen LogP contribution < -0.4 is 4.90 Å². The Morgan fingerprint density at radius 2 is 1.77 bits per heavy atom. The number of carbonyl (C=O) groups is 2. The van der Waals surface area contributed by atoms with Gasteiger partial charge in [0.1, 0.15) is 0 Å². The summed E-state index contributed by atoms with van der Waals surface area (Å²) in [5.41, 5.74) is 1.74. The molecular weight excluding hydrogens is 439 g/mol. The summed E-state index contributed by atoms with van der Waals surface area (Å²) in [4.78, 5) is 38.7. The van der Waals surface area contributed by atoms with E-state index in [1.54, 1.807) is 12.1 Å². The number of ketones is 1. The zero-order chi connectivity index (χ0) is 22.5. The van der Waals surface area contributed by atoms with Gasteiger partial charge in [-0.3, -0.25) is 24.6 Å². The van der Waals surface area contributed by atoms with Gasteiger partial charge in [0, 0.05) is 47.2 Å². The van der Waals surface area contributed by atoms with E-state index in [0.29, 0.717) is 34.8 Å². The first-order valence-corrected chi connectivity index (χ1v) is 10.6. The molecule has 0 N–H and O–H groups in total. The Morgan fingerprint density at radius 3 is 2.42 bits per heavy atom. The molecule has 1 amide bonds. The SMILES string of the molecule is CC1(C)CC(=O)C2=C(C1)N(c1ccc([N+](=O)[O-])cc1Cl)C(=O)CC2c1ccccc1Cl. The second-order valence-corrected chi connectivity index (χ2v) is 9.52. The number of amides is 1. The molecule has 0 radical (unpaired) electrons. The van der Waals surface area contributed by atoms with Gasteiger partial charge in [-0.05, 0) is 29.5 Å². The van der Waals surface area contributed by atoms with Gasteiger partial charge in [-0.15, -0.1) is 0 Å². The molecule has 0 fully saturated rings. The van der Waals surface area contributed by atoms with Crippen LogP contribution in [0, 0.1) is 15.5 Å². The average molecular weight is 459 g/mol. The minimum absolute atomic E-state index is 0.0216. The van der Waals surface area contributed by atoms with Crippen LogP contribution in [0.25, 0.3) is 0 Å². The molecule has 2 aromatic carbocycles. The monoisotopic (exact) mass is 458 g/mol. The predicted octanol–water partition coefficient (Wildman–Crippen LogP) is 6.07. The van der Waals surface area contributed by atoms with Crippen LogP contribution in [0.4, 0.5) is 11.4 Å². The largest absolute Gasteiger partial charge is 0.294 e. The fourth-order valence-corrected chi connectivity index (χ4v) is 5.04. The van der Waals surface area contributed by atoms with Gasteiger partial charge in [-0.25, -0.2) is 0 Å². The summed E-state index contributed by atoms with van der Waals surface area (Å²) in [6.45, 7) is 3.96. The highest BCUT2D eigenvalue weighted by molar-refractivity contribution is 6.34. The molecule has 4 rings (SSSR count). The highest BCUT2D eigenvalue weighted by Gasteiger charge is 2.45. The van der Waals surface area contributed by atoms with Crippen molar-refractivity contribution < 1.29 is 14.5 Å². The number of nitro benzene ring substituents is 1. The second-order valence-electron chi connectivity index (χ2n) is 8.70. The Balaban J connectivity index is 1.92. The summed E-state index contributed by atoms with van der Waals surface area (Å²) < 4.78 is 0. The van der Waals surface area contributed by atoms with Crippen molar-refractivity contribution in [2.45, 2.75) is 39.0 Å². The van der Waals surface area contributed by atoms with Crippen LogP contribution in [0.3, 0.4) is 0 Å². The van der Waals surface area contributed by atoms with E-state index in [4.69, 9.17) is 23.2 Å². The summed E-state index contributed by atoms with van der Waals surface area (Å²) >= 11 is 12.8. The third kappa shape index (κ3) is 3.86. The highest BCUT2D eigenvalue weighted by Crippen LogP contribution is 2.50. The fraction of sp³-hybridized carbons (Fsp3) is 0.304. The molecule has 0 saturated heterocycles. The normalized spacial score (nSPS) is 20.6. The number of non-ortho nitro benzene ring substituents is 1. The summed E-state index contributed by atoms with van der Waals surface area (Å²) in [5, 5.41) is 11.7. The maximum atomic E-state index is 13.4. The predicted molar refractivity (Wildman–Crippen MR) is 119 cm³/mol. The molecule has 0 saturated carbocycles. The van der Waals surface area contributed by atoms with Crippen molar-refractivity contribution in [2.75, 3.05) is 4.90 Å². The third-order valence-electron chi connectivity index (χ3n) is 5.81. The summed E-state index contributed by atoms with van der Waals surface area (Å²) in [5.74, 6) is -0.690. The van der Waals surface area contributed by atoms with Gasteiger partial charge >= 0.3 is 0 Å². The second kappa shape index (κ2) is 7.77. The number of anilines is 1. The first-order valence-electron chi connectivity index (χ1n) is 9.86. The van der Waals surface area contributed by atoms with Gasteiger partial charge in [-0.2, -0.15) is 0 Å². The Morgan fingerprint density at radius 1 is 1.06 bits per heavy atom. The van der Waals surface area contributed by atoms with Crippen LogP contribution in [0.2, 0.25) is 10.0 Å². The molecule has 0 spiro atoms. The molecular formula is C23H20Cl2N2O4. The molecule has 31 heavy (non-hydrogen) atoms. The van der Waals surface area contributed by atoms with Crippen LogP contribution in [0.1, 0.15) is 44.6 Å². The fourth-order valence-electron chi connectivity index (χ4n) is 4.51. The number of rotatable bonds is 3. The Labute approximate surface area is 189 Å². The molecule has 2 aromatic rings. The number of benzene rings is 2. The average Bonchev–Trinajstić information content (AvgIpc) is 2.67. The van der Waals surface area contributed by atoms with Crippen LogP contribution in [0.15, 0.2) is 53.7 Å². The number of carbonyl (C=O) groups excluding carboxylic acids is 2. The van der Waals surface area contributed by atoms with Gasteiger partial charge in [0.25, 0.3) is 5.69 Å². The van der Waals surface area contributed by atoms with Crippen molar-refractivity contribution in [1.82, 2.24) is 0 Å². The number of nitrogens with zero attached hydrogens (tertiary/aromatic N) is 2. The summed E-state index contributed by atoms with van der Waals surface area (Å²) in [6, 6.07) is 11.2. The number of Topliss-reactive ketones (excluding diaryl/α,β-unsaturated/α-hetero) is 1. The Hall–Kier alpha value is -2.70. The van der Waals surface area contributed by atoms with Crippen molar-refractivity contribution in [3.05, 3.63) is 79.5 Å². The van der Waals surface area contributed by atoms with Crippen LogP contribution in [0.5, 0.6) is 0 Å². The van der Waals surface area contributed by atoms with Gasteiger partial charge in [0.15, 0.2) is 5.78 Å². The van der Waals surface area contributed by atoms with E-state index < -0.39 is 10.8 Å². The van der Waals surface area contributed by atoms with E-state index in [2.05, 4.69) is 0 Å². The van der Waals surface area contributed by atoms with Gasteiger partial charge < -0.3 is 0 Å². The molecule has 1 unspecified atom stereocenters.